The second-order valence-electron chi connectivity index (χ2n) is 8.26. The van der Waals surface area contributed by atoms with Gasteiger partial charge in [0, 0.05) is 24.7 Å². The van der Waals surface area contributed by atoms with Crippen molar-refractivity contribution in [3.05, 3.63) is 82.9 Å². The summed E-state index contributed by atoms with van der Waals surface area (Å²) in [4.78, 5) is 23.4. The van der Waals surface area contributed by atoms with Gasteiger partial charge in [-0.05, 0) is 36.6 Å². The Labute approximate surface area is 181 Å². The van der Waals surface area contributed by atoms with E-state index in [9.17, 15) is 4.79 Å². The molecule has 0 spiro atoms. The van der Waals surface area contributed by atoms with Gasteiger partial charge in [-0.25, -0.2) is 15.8 Å². The maximum Gasteiger partial charge on any atom is 0.241 e. The Morgan fingerprint density at radius 2 is 1.81 bits per heavy atom. The fourth-order valence-electron chi connectivity index (χ4n) is 4.57. The third-order valence-corrected chi connectivity index (χ3v) is 6.32. The number of benzene rings is 2. The van der Waals surface area contributed by atoms with E-state index < -0.39 is 0 Å². The number of imidazole rings is 1. The van der Waals surface area contributed by atoms with Crippen molar-refractivity contribution in [3.63, 3.8) is 0 Å². The Kier molecular flexibility index (Phi) is 5.21. The van der Waals surface area contributed by atoms with Crippen molar-refractivity contribution in [1.29, 1.82) is 0 Å². The number of methoxy groups -OCH3 is 1. The standard InChI is InChI=1S/C24H27N5O2/c1-15-3-5-16(6-4-15)20-13-21(28-27-20)24(30)29-12-11-19-22(26-14-25-19)23(29)17-7-9-18(31-2)10-8-17/h3-10,14,20-21,23,27-28H,11-13H2,1-2H3,(H,25,26). The summed E-state index contributed by atoms with van der Waals surface area (Å²) in [5, 5.41) is 0. The summed E-state index contributed by atoms with van der Waals surface area (Å²) in [6.45, 7) is 2.73. The molecular weight excluding hydrogens is 390 g/mol. The summed E-state index contributed by atoms with van der Waals surface area (Å²) in [7, 11) is 1.65. The minimum absolute atomic E-state index is 0.0941. The Bertz CT molecular complexity index is 1060. The number of ether oxygens (including phenoxy) is 1. The number of hydrogen-bond donors (Lipinski definition) is 3. The van der Waals surface area contributed by atoms with E-state index in [0.717, 1.165) is 29.1 Å². The minimum atomic E-state index is -0.285. The molecule has 0 radical (unpaired) electrons. The van der Waals surface area contributed by atoms with E-state index in [0.29, 0.717) is 13.0 Å². The van der Waals surface area contributed by atoms with Gasteiger partial charge in [-0.1, -0.05) is 42.0 Å². The number of amides is 1. The van der Waals surface area contributed by atoms with E-state index in [2.05, 4.69) is 52.0 Å². The summed E-state index contributed by atoms with van der Waals surface area (Å²) >= 11 is 0. The second-order valence-corrected chi connectivity index (χ2v) is 8.26. The molecule has 2 aromatic carbocycles. The molecule has 0 aliphatic carbocycles. The number of nitrogens with one attached hydrogen (secondary N) is 3. The van der Waals surface area contributed by atoms with Crippen LogP contribution in [0.2, 0.25) is 0 Å². The van der Waals surface area contributed by atoms with Crippen molar-refractivity contribution < 1.29 is 9.53 Å². The maximum atomic E-state index is 13.6. The first-order valence-electron chi connectivity index (χ1n) is 10.7. The Morgan fingerprint density at radius 3 is 2.55 bits per heavy atom. The monoisotopic (exact) mass is 417 g/mol. The quantitative estimate of drug-likeness (QED) is 0.608. The van der Waals surface area contributed by atoms with Gasteiger partial charge in [0.1, 0.15) is 17.8 Å². The number of carbonyl (C=O) groups excluding carboxylic acids is 1. The number of hydrogen-bond acceptors (Lipinski definition) is 5. The third-order valence-electron chi connectivity index (χ3n) is 6.32. The highest BCUT2D eigenvalue weighted by Crippen LogP contribution is 2.35. The van der Waals surface area contributed by atoms with Crippen LogP contribution in [0.15, 0.2) is 54.9 Å². The van der Waals surface area contributed by atoms with Crippen LogP contribution in [0.3, 0.4) is 0 Å². The molecular formula is C24H27N5O2. The largest absolute Gasteiger partial charge is 0.497 e. The Morgan fingerprint density at radius 1 is 1.06 bits per heavy atom. The van der Waals surface area contributed by atoms with Crippen molar-refractivity contribution in [2.45, 2.75) is 37.9 Å². The predicted molar refractivity (Wildman–Crippen MR) is 117 cm³/mol. The van der Waals surface area contributed by atoms with Gasteiger partial charge in [0.05, 0.1) is 19.1 Å². The van der Waals surface area contributed by atoms with Crippen LogP contribution in [-0.4, -0.2) is 40.5 Å². The summed E-state index contributed by atoms with van der Waals surface area (Å²) in [6.07, 6.45) is 3.20. The lowest BCUT2D eigenvalue weighted by atomic mass is 9.94. The molecule has 0 saturated carbocycles. The number of carbonyl (C=O) groups is 1. The van der Waals surface area contributed by atoms with E-state index in [-0.39, 0.29) is 24.0 Å². The van der Waals surface area contributed by atoms with Crippen molar-refractivity contribution in [1.82, 2.24) is 25.7 Å². The topological polar surface area (TPSA) is 82.3 Å². The first kappa shape index (κ1) is 19.8. The number of hydrazine groups is 1. The van der Waals surface area contributed by atoms with Crippen LogP contribution in [-0.2, 0) is 11.2 Å². The molecule has 2 aliphatic heterocycles. The molecule has 31 heavy (non-hydrogen) atoms. The molecule has 7 heteroatoms. The highest BCUT2D eigenvalue weighted by atomic mass is 16.5. The smallest absolute Gasteiger partial charge is 0.241 e. The molecule has 1 fully saturated rings. The van der Waals surface area contributed by atoms with Crippen molar-refractivity contribution in [3.8, 4) is 5.75 Å². The molecule has 3 heterocycles. The van der Waals surface area contributed by atoms with Crippen LogP contribution in [0.1, 0.15) is 46.6 Å². The van der Waals surface area contributed by atoms with E-state index >= 15 is 0 Å². The number of fused-ring (bicyclic) bond motifs is 1. The highest BCUT2D eigenvalue weighted by molar-refractivity contribution is 5.83. The van der Waals surface area contributed by atoms with Crippen molar-refractivity contribution in [2.75, 3.05) is 13.7 Å². The van der Waals surface area contributed by atoms with E-state index in [4.69, 9.17) is 4.74 Å². The van der Waals surface area contributed by atoms with Crippen LogP contribution in [0, 0.1) is 6.92 Å². The van der Waals surface area contributed by atoms with Gasteiger partial charge in [0.15, 0.2) is 0 Å². The fourth-order valence-corrected chi connectivity index (χ4v) is 4.57. The summed E-state index contributed by atoms with van der Waals surface area (Å²) in [5.74, 6) is 0.888. The third kappa shape index (κ3) is 3.71. The zero-order chi connectivity index (χ0) is 21.4. The van der Waals surface area contributed by atoms with Gasteiger partial charge in [-0.15, -0.1) is 0 Å². The summed E-state index contributed by atoms with van der Waals surface area (Å²) in [6, 6.07) is 16.0. The first-order chi connectivity index (χ1) is 15.1. The normalized spacial score (nSPS) is 22.9. The van der Waals surface area contributed by atoms with Gasteiger partial charge >= 0.3 is 0 Å². The van der Waals surface area contributed by atoms with Crippen LogP contribution >= 0.6 is 0 Å². The number of nitrogens with zero attached hydrogens (tertiary/aromatic N) is 2. The lowest BCUT2D eigenvalue weighted by Crippen LogP contribution is -2.49. The average Bonchev–Trinajstić information content (AvgIpc) is 3.48. The Balaban J connectivity index is 1.40. The minimum Gasteiger partial charge on any atom is -0.497 e. The van der Waals surface area contributed by atoms with Crippen molar-refractivity contribution >= 4 is 5.91 Å². The number of aromatic nitrogens is 2. The van der Waals surface area contributed by atoms with Crippen LogP contribution < -0.4 is 15.6 Å². The lowest BCUT2D eigenvalue weighted by molar-refractivity contribution is -0.135. The van der Waals surface area contributed by atoms with Gasteiger partial charge < -0.3 is 14.6 Å². The number of rotatable bonds is 4. The molecule has 7 nitrogen and oxygen atoms in total. The van der Waals surface area contributed by atoms with E-state index in [1.54, 1.807) is 13.4 Å². The zero-order valence-electron chi connectivity index (χ0n) is 17.8. The molecule has 3 N–H and O–H groups in total. The molecule has 1 saturated heterocycles. The van der Waals surface area contributed by atoms with E-state index in [1.807, 2.05) is 29.2 Å². The van der Waals surface area contributed by atoms with Gasteiger partial charge in [0.2, 0.25) is 5.91 Å². The van der Waals surface area contributed by atoms with Crippen LogP contribution in [0.4, 0.5) is 0 Å². The number of aryl methyl sites for hydroxylation is 1. The van der Waals surface area contributed by atoms with Crippen LogP contribution in [0.5, 0.6) is 5.75 Å². The average molecular weight is 418 g/mol. The van der Waals surface area contributed by atoms with Gasteiger partial charge in [0.25, 0.3) is 0 Å². The molecule has 0 bridgehead atoms. The second kappa shape index (κ2) is 8.17. The van der Waals surface area contributed by atoms with Gasteiger partial charge in [-0.2, -0.15) is 0 Å². The fraction of sp³-hybridized carbons (Fsp3) is 0.333. The highest BCUT2D eigenvalue weighted by Gasteiger charge is 2.39. The van der Waals surface area contributed by atoms with Gasteiger partial charge in [-0.3, -0.25) is 4.79 Å². The molecule has 2 aliphatic rings. The maximum absolute atomic E-state index is 13.6. The molecule has 1 aromatic heterocycles. The molecule has 1 amide bonds. The molecule has 5 rings (SSSR count). The first-order valence-corrected chi connectivity index (χ1v) is 10.7. The predicted octanol–water partition coefficient (Wildman–Crippen LogP) is 2.81. The van der Waals surface area contributed by atoms with Crippen molar-refractivity contribution in [2.24, 2.45) is 0 Å². The number of H-pyrrole nitrogens is 1. The molecule has 3 aromatic rings. The molecule has 3 atom stereocenters. The SMILES string of the molecule is COc1ccc(C2c3nc[nH]c3CCN2C(=O)C2CC(c3ccc(C)cc3)NN2)cc1. The number of aromatic amines is 1. The lowest BCUT2D eigenvalue weighted by Gasteiger charge is -2.36. The Hall–Kier alpha value is -3.16. The van der Waals surface area contributed by atoms with Crippen LogP contribution in [0.25, 0.3) is 0 Å². The molecule has 3 unspecified atom stereocenters. The van der Waals surface area contributed by atoms with E-state index in [1.165, 1.54) is 11.1 Å². The summed E-state index contributed by atoms with van der Waals surface area (Å²) < 4.78 is 5.31. The zero-order valence-corrected chi connectivity index (χ0v) is 17.8. The summed E-state index contributed by atoms with van der Waals surface area (Å²) in [5.41, 5.74) is 12.0. The molecule has 160 valence electrons.